The maximum Gasteiger partial charge on any atom is 0.226 e. The highest BCUT2D eigenvalue weighted by atomic mass is 16.2. The van der Waals surface area contributed by atoms with Gasteiger partial charge in [0.25, 0.3) is 0 Å². The van der Waals surface area contributed by atoms with Gasteiger partial charge in [-0.1, -0.05) is 6.92 Å². The molecule has 4 nitrogen and oxygen atoms in total. The van der Waals surface area contributed by atoms with Crippen LogP contribution in [0.15, 0.2) is 0 Å². The van der Waals surface area contributed by atoms with Crippen LogP contribution < -0.4 is 0 Å². The molecule has 2 aliphatic rings. The molecule has 0 bridgehead atoms. The SMILES string of the molecule is CCN1CCC(N2CCCC(C(=O)N(CC)CC)C2)CC1. The van der Waals surface area contributed by atoms with Crippen LogP contribution in [0.2, 0.25) is 0 Å². The molecule has 2 fully saturated rings. The molecule has 4 heteroatoms. The lowest BCUT2D eigenvalue weighted by molar-refractivity contribution is -0.137. The molecule has 0 radical (unpaired) electrons. The topological polar surface area (TPSA) is 26.8 Å². The Balaban J connectivity index is 1.87. The van der Waals surface area contributed by atoms with Crippen molar-refractivity contribution < 1.29 is 4.79 Å². The third kappa shape index (κ3) is 4.19. The van der Waals surface area contributed by atoms with Crippen molar-refractivity contribution in [1.29, 1.82) is 0 Å². The van der Waals surface area contributed by atoms with Crippen molar-refractivity contribution in [2.24, 2.45) is 5.92 Å². The summed E-state index contributed by atoms with van der Waals surface area (Å²) in [4.78, 5) is 19.7. The Morgan fingerprint density at radius 1 is 1.05 bits per heavy atom. The Labute approximate surface area is 130 Å². The predicted molar refractivity (Wildman–Crippen MR) is 87.4 cm³/mol. The number of carbonyl (C=O) groups excluding carboxylic acids is 1. The van der Waals surface area contributed by atoms with E-state index in [9.17, 15) is 4.79 Å². The normalized spacial score (nSPS) is 26.0. The van der Waals surface area contributed by atoms with E-state index < -0.39 is 0 Å². The van der Waals surface area contributed by atoms with Gasteiger partial charge in [0.1, 0.15) is 0 Å². The van der Waals surface area contributed by atoms with Gasteiger partial charge in [-0.05, 0) is 65.7 Å². The molecule has 2 rings (SSSR count). The highest BCUT2D eigenvalue weighted by molar-refractivity contribution is 5.79. The first-order valence-electron chi connectivity index (χ1n) is 8.94. The summed E-state index contributed by atoms with van der Waals surface area (Å²) >= 11 is 0. The lowest BCUT2D eigenvalue weighted by atomic mass is 9.93. The summed E-state index contributed by atoms with van der Waals surface area (Å²) in [6.45, 7) is 13.9. The van der Waals surface area contributed by atoms with E-state index in [1.165, 1.54) is 45.4 Å². The lowest BCUT2D eigenvalue weighted by Crippen LogP contribution is -2.51. The molecule has 2 heterocycles. The highest BCUT2D eigenvalue weighted by Crippen LogP contribution is 2.25. The predicted octanol–water partition coefficient (Wildman–Crippen LogP) is 2.05. The molecule has 0 N–H and O–H groups in total. The van der Waals surface area contributed by atoms with Gasteiger partial charge in [-0.2, -0.15) is 0 Å². The zero-order valence-corrected chi connectivity index (χ0v) is 14.2. The van der Waals surface area contributed by atoms with Crippen LogP contribution in [0.1, 0.15) is 46.5 Å². The Bertz CT molecular complexity index is 322. The molecule has 0 spiro atoms. The molecule has 0 aliphatic carbocycles. The standard InChI is InChI=1S/C17H33N3O/c1-4-18-12-9-16(10-13-18)20-11-7-8-15(14-20)17(21)19(5-2)6-3/h15-16H,4-14H2,1-3H3. The fourth-order valence-electron chi connectivity index (χ4n) is 3.93. The maximum atomic E-state index is 12.6. The number of nitrogens with zero attached hydrogens (tertiary/aromatic N) is 3. The lowest BCUT2D eigenvalue weighted by Gasteiger charge is -2.42. The largest absolute Gasteiger partial charge is 0.343 e. The highest BCUT2D eigenvalue weighted by Gasteiger charge is 2.32. The quantitative estimate of drug-likeness (QED) is 0.777. The van der Waals surface area contributed by atoms with Gasteiger partial charge in [0.05, 0.1) is 5.92 Å². The maximum absolute atomic E-state index is 12.6. The summed E-state index contributed by atoms with van der Waals surface area (Å²) in [6, 6.07) is 0.708. The number of likely N-dealkylation sites (tertiary alicyclic amines) is 2. The third-order valence-corrected chi connectivity index (χ3v) is 5.40. The van der Waals surface area contributed by atoms with E-state index in [0.717, 1.165) is 26.1 Å². The first kappa shape index (κ1) is 16.8. The molecule has 0 aromatic carbocycles. The minimum absolute atomic E-state index is 0.239. The van der Waals surface area contributed by atoms with Gasteiger partial charge in [0.15, 0.2) is 0 Å². The van der Waals surface area contributed by atoms with Gasteiger partial charge in [-0.15, -0.1) is 0 Å². The molecular formula is C17H33N3O. The van der Waals surface area contributed by atoms with E-state index in [1.807, 2.05) is 4.90 Å². The van der Waals surface area contributed by atoms with Crippen LogP contribution in [0.5, 0.6) is 0 Å². The molecule has 0 aromatic heterocycles. The van der Waals surface area contributed by atoms with Crippen LogP contribution in [-0.4, -0.2) is 72.5 Å². The van der Waals surface area contributed by atoms with Crippen LogP contribution >= 0.6 is 0 Å². The van der Waals surface area contributed by atoms with Gasteiger partial charge in [-0.25, -0.2) is 0 Å². The summed E-state index contributed by atoms with van der Waals surface area (Å²) < 4.78 is 0. The van der Waals surface area contributed by atoms with Gasteiger partial charge >= 0.3 is 0 Å². The second kappa shape index (κ2) is 8.14. The van der Waals surface area contributed by atoms with Crippen molar-refractivity contribution >= 4 is 5.91 Å². The molecular weight excluding hydrogens is 262 g/mol. The van der Waals surface area contributed by atoms with E-state index >= 15 is 0 Å². The number of rotatable bonds is 5. The van der Waals surface area contributed by atoms with Crippen molar-refractivity contribution in [3.05, 3.63) is 0 Å². The molecule has 0 saturated carbocycles. The molecule has 21 heavy (non-hydrogen) atoms. The minimum atomic E-state index is 0.239. The molecule has 0 aromatic rings. The molecule has 122 valence electrons. The summed E-state index contributed by atoms with van der Waals surface area (Å²) in [7, 11) is 0. The average Bonchev–Trinajstić information content (AvgIpc) is 2.56. The van der Waals surface area contributed by atoms with E-state index in [2.05, 4.69) is 30.6 Å². The second-order valence-electron chi connectivity index (χ2n) is 6.51. The van der Waals surface area contributed by atoms with Crippen molar-refractivity contribution in [2.45, 2.75) is 52.5 Å². The van der Waals surface area contributed by atoms with E-state index in [-0.39, 0.29) is 5.92 Å². The Kier molecular flexibility index (Phi) is 6.49. The molecule has 2 aliphatic heterocycles. The van der Waals surface area contributed by atoms with E-state index in [0.29, 0.717) is 11.9 Å². The fraction of sp³-hybridized carbons (Fsp3) is 0.941. The molecule has 1 amide bonds. The summed E-state index contributed by atoms with van der Waals surface area (Å²) in [5, 5.41) is 0. The van der Waals surface area contributed by atoms with Crippen LogP contribution in [0.25, 0.3) is 0 Å². The van der Waals surface area contributed by atoms with Crippen molar-refractivity contribution in [3.63, 3.8) is 0 Å². The van der Waals surface area contributed by atoms with E-state index in [1.54, 1.807) is 0 Å². The van der Waals surface area contributed by atoms with Gasteiger partial charge in [-0.3, -0.25) is 9.69 Å². The van der Waals surface area contributed by atoms with Crippen LogP contribution in [0, 0.1) is 5.92 Å². The Morgan fingerprint density at radius 3 is 2.29 bits per heavy atom. The van der Waals surface area contributed by atoms with Gasteiger partial charge in [0, 0.05) is 25.7 Å². The number of hydrogen-bond donors (Lipinski definition) is 0. The zero-order valence-electron chi connectivity index (χ0n) is 14.2. The Hall–Kier alpha value is -0.610. The van der Waals surface area contributed by atoms with Crippen LogP contribution in [0.3, 0.4) is 0 Å². The van der Waals surface area contributed by atoms with Crippen molar-refractivity contribution in [2.75, 3.05) is 45.8 Å². The molecule has 1 unspecified atom stereocenters. The second-order valence-corrected chi connectivity index (χ2v) is 6.51. The average molecular weight is 295 g/mol. The molecule has 1 atom stereocenters. The third-order valence-electron chi connectivity index (χ3n) is 5.40. The van der Waals surface area contributed by atoms with Crippen molar-refractivity contribution in [3.8, 4) is 0 Å². The van der Waals surface area contributed by atoms with Gasteiger partial charge < -0.3 is 9.80 Å². The Morgan fingerprint density at radius 2 is 1.71 bits per heavy atom. The number of amides is 1. The van der Waals surface area contributed by atoms with Crippen molar-refractivity contribution in [1.82, 2.24) is 14.7 Å². The molecule has 2 saturated heterocycles. The zero-order chi connectivity index (χ0) is 15.2. The monoisotopic (exact) mass is 295 g/mol. The fourth-order valence-corrected chi connectivity index (χ4v) is 3.93. The smallest absolute Gasteiger partial charge is 0.226 e. The summed E-state index contributed by atoms with van der Waals surface area (Å²) in [6.07, 6.45) is 4.82. The van der Waals surface area contributed by atoms with Gasteiger partial charge in [0.2, 0.25) is 5.91 Å². The first-order valence-corrected chi connectivity index (χ1v) is 8.94. The van der Waals surface area contributed by atoms with E-state index in [4.69, 9.17) is 0 Å². The van der Waals surface area contributed by atoms with Crippen LogP contribution in [-0.2, 0) is 4.79 Å². The van der Waals surface area contributed by atoms with Crippen LogP contribution in [0.4, 0.5) is 0 Å². The number of hydrogen-bond acceptors (Lipinski definition) is 3. The summed E-state index contributed by atoms with van der Waals surface area (Å²) in [5.74, 6) is 0.624. The minimum Gasteiger partial charge on any atom is -0.343 e. The number of carbonyl (C=O) groups is 1. The summed E-state index contributed by atoms with van der Waals surface area (Å²) in [5.41, 5.74) is 0. The number of piperidine rings is 2. The first-order chi connectivity index (χ1) is 10.2.